The van der Waals surface area contributed by atoms with Gasteiger partial charge in [-0.3, -0.25) is 4.79 Å². The molecule has 1 aromatic carbocycles. The maximum Gasteiger partial charge on any atom is 0.358 e. The van der Waals surface area contributed by atoms with E-state index in [-0.39, 0.29) is 11.1 Å². The first-order chi connectivity index (χ1) is 13.2. The van der Waals surface area contributed by atoms with Crippen LogP contribution in [0.3, 0.4) is 0 Å². The highest BCUT2D eigenvalue weighted by molar-refractivity contribution is 7.13. The number of rotatable bonds is 8. The maximum atomic E-state index is 12.2. The van der Waals surface area contributed by atoms with Crippen LogP contribution in [0.1, 0.15) is 36.8 Å². The molecule has 0 unspecified atom stereocenters. The highest BCUT2D eigenvalue weighted by atomic mass is 32.1. The van der Waals surface area contributed by atoms with Crippen molar-refractivity contribution in [2.75, 3.05) is 30.9 Å². The van der Waals surface area contributed by atoms with Crippen LogP contribution in [0.5, 0.6) is 5.75 Å². The van der Waals surface area contributed by atoms with Gasteiger partial charge in [-0.1, -0.05) is 32.9 Å². The van der Waals surface area contributed by atoms with E-state index in [1.807, 2.05) is 12.1 Å². The van der Waals surface area contributed by atoms with E-state index in [0.717, 1.165) is 5.56 Å². The van der Waals surface area contributed by atoms with E-state index in [1.165, 1.54) is 18.4 Å². The molecule has 7 nitrogen and oxygen atoms in total. The van der Waals surface area contributed by atoms with Crippen molar-refractivity contribution in [2.24, 2.45) is 0 Å². The Balaban J connectivity index is 1.97. The molecule has 2 N–H and O–H groups in total. The zero-order valence-corrected chi connectivity index (χ0v) is 17.3. The Morgan fingerprint density at radius 2 is 2.07 bits per heavy atom. The van der Waals surface area contributed by atoms with Gasteiger partial charge in [-0.25, -0.2) is 9.78 Å². The fourth-order valence-electron chi connectivity index (χ4n) is 2.27. The maximum absolute atomic E-state index is 12.2. The van der Waals surface area contributed by atoms with Gasteiger partial charge in [-0.15, -0.1) is 17.9 Å². The summed E-state index contributed by atoms with van der Waals surface area (Å²) in [6.45, 7) is 9.95. The number of amides is 1. The predicted octanol–water partition coefficient (Wildman–Crippen LogP) is 3.84. The molecule has 0 aliphatic heterocycles. The molecule has 0 spiro atoms. The second-order valence-corrected chi connectivity index (χ2v) is 7.85. The normalized spacial score (nSPS) is 10.9. The summed E-state index contributed by atoms with van der Waals surface area (Å²) < 4.78 is 10.4. The third kappa shape index (κ3) is 5.82. The number of benzene rings is 1. The van der Waals surface area contributed by atoms with Crippen LogP contribution in [-0.2, 0) is 14.9 Å². The fourth-order valence-corrected chi connectivity index (χ4v) is 2.96. The van der Waals surface area contributed by atoms with Crippen LogP contribution in [0.25, 0.3) is 0 Å². The minimum atomic E-state index is -0.659. The number of carbonyl (C=O) groups excluding carboxylic acids is 2. The highest BCUT2D eigenvalue weighted by Gasteiger charge is 2.18. The number of esters is 1. The van der Waals surface area contributed by atoms with E-state index >= 15 is 0 Å². The quantitative estimate of drug-likeness (QED) is 0.514. The lowest BCUT2D eigenvalue weighted by Crippen LogP contribution is -2.22. The van der Waals surface area contributed by atoms with Gasteiger partial charge in [0.25, 0.3) is 5.91 Å². The van der Waals surface area contributed by atoms with Gasteiger partial charge in [-0.05, 0) is 23.1 Å². The number of aromatic nitrogens is 1. The SMILES string of the molecule is C=CCNc1nc(C(=O)OCC(=O)Nc2cc(C(C)(C)C)ccc2OC)cs1. The second kappa shape index (κ2) is 9.36. The van der Waals surface area contributed by atoms with E-state index in [4.69, 9.17) is 9.47 Å². The van der Waals surface area contributed by atoms with Crippen LogP contribution >= 0.6 is 11.3 Å². The van der Waals surface area contributed by atoms with Crippen LogP contribution in [0.15, 0.2) is 36.2 Å². The van der Waals surface area contributed by atoms with Crippen LogP contribution < -0.4 is 15.4 Å². The van der Waals surface area contributed by atoms with Crippen molar-refractivity contribution < 1.29 is 19.1 Å². The number of methoxy groups -OCH3 is 1. The molecule has 0 atom stereocenters. The molecule has 0 saturated carbocycles. The Morgan fingerprint density at radius 3 is 2.71 bits per heavy atom. The second-order valence-electron chi connectivity index (χ2n) is 7.00. The largest absolute Gasteiger partial charge is 0.495 e. The van der Waals surface area contributed by atoms with E-state index < -0.39 is 18.5 Å². The van der Waals surface area contributed by atoms with Gasteiger partial charge in [0.05, 0.1) is 12.8 Å². The number of carbonyl (C=O) groups is 2. The van der Waals surface area contributed by atoms with Crippen molar-refractivity contribution >= 4 is 34.0 Å². The summed E-state index contributed by atoms with van der Waals surface area (Å²) in [5.41, 5.74) is 1.64. The lowest BCUT2D eigenvalue weighted by molar-refractivity contribution is -0.119. The minimum absolute atomic E-state index is 0.0832. The smallest absolute Gasteiger partial charge is 0.358 e. The van der Waals surface area contributed by atoms with E-state index in [9.17, 15) is 9.59 Å². The molecule has 0 saturated heterocycles. The number of ether oxygens (including phenoxy) is 2. The van der Waals surface area contributed by atoms with E-state index in [0.29, 0.717) is 23.1 Å². The Kier molecular flexibility index (Phi) is 7.17. The molecule has 8 heteroatoms. The van der Waals surface area contributed by atoms with Gasteiger partial charge < -0.3 is 20.1 Å². The highest BCUT2D eigenvalue weighted by Crippen LogP contribution is 2.31. The molecule has 0 bridgehead atoms. The molecule has 1 aromatic heterocycles. The first-order valence-electron chi connectivity index (χ1n) is 8.70. The summed E-state index contributed by atoms with van der Waals surface area (Å²) in [7, 11) is 1.53. The molecule has 1 amide bonds. The molecular weight excluding hydrogens is 378 g/mol. The van der Waals surface area contributed by atoms with E-state index in [1.54, 1.807) is 17.5 Å². The Bertz CT molecular complexity index is 855. The Morgan fingerprint density at radius 1 is 1.32 bits per heavy atom. The zero-order valence-electron chi connectivity index (χ0n) is 16.5. The van der Waals surface area contributed by atoms with Gasteiger partial charge in [0.15, 0.2) is 17.4 Å². The number of hydrogen-bond donors (Lipinski definition) is 2. The fraction of sp³-hybridized carbons (Fsp3) is 0.350. The summed E-state index contributed by atoms with van der Waals surface area (Å²) in [6.07, 6.45) is 1.69. The Hall–Kier alpha value is -2.87. The van der Waals surface area contributed by atoms with Crippen LogP contribution in [0, 0.1) is 0 Å². The number of nitrogens with zero attached hydrogens (tertiary/aromatic N) is 1. The number of hydrogen-bond acceptors (Lipinski definition) is 7. The zero-order chi connectivity index (χ0) is 20.7. The van der Waals surface area contributed by atoms with Gasteiger partial charge in [0, 0.05) is 11.9 Å². The van der Waals surface area contributed by atoms with Gasteiger partial charge in [0.2, 0.25) is 0 Å². The monoisotopic (exact) mass is 403 g/mol. The molecule has 0 aliphatic rings. The van der Waals surface area contributed by atoms with Crippen molar-refractivity contribution in [2.45, 2.75) is 26.2 Å². The van der Waals surface area contributed by atoms with Crippen LogP contribution in [0.4, 0.5) is 10.8 Å². The molecular formula is C20H25N3O4S. The van der Waals surface area contributed by atoms with Gasteiger partial charge in [0.1, 0.15) is 5.75 Å². The predicted molar refractivity (Wildman–Crippen MR) is 111 cm³/mol. The minimum Gasteiger partial charge on any atom is -0.495 e. The third-order valence-corrected chi connectivity index (χ3v) is 4.58. The molecule has 150 valence electrons. The summed E-state index contributed by atoms with van der Waals surface area (Å²) in [6, 6.07) is 5.61. The van der Waals surface area contributed by atoms with Crippen molar-refractivity contribution in [1.29, 1.82) is 0 Å². The summed E-state index contributed by atoms with van der Waals surface area (Å²) in [5.74, 6) is -0.587. The molecule has 2 aromatic rings. The summed E-state index contributed by atoms with van der Waals surface area (Å²) >= 11 is 1.28. The first kappa shape index (κ1) is 21.4. The lowest BCUT2D eigenvalue weighted by atomic mass is 9.87. The average Bonchev–Trinajstić information content (AvgIpc) is 3.12. The molecule has 2 rings (SSSR count). The van der Waals surface area contributed by atoms with Crippen molar-refractivity contribution in [3.8, 4) is 5.75 Å². The van der Waals surface area contributed by atoms with Crippen LogP contribution in [0.2, 0.25) is 0 Å². The van der Waals surface area contributed by atoms with E-state index in [2.05, 4.69) is 43.0 Å². The molecule has 28 heavy (non-hydrogen) atoms. The molecule has 0 aliphatic carbocycles. The topological polar surface area (TPSA) is 89.5 Å². The van der Waals surface area contributed by atoms with Crippen molar-refractivity contribution in [3.05, 3.63) is 47.5 Å². The number of nitrogens with one attached hydrogen (secondary N) is 2. The van der Waals surface area contributed by atoms with Gasteiger partial charge in [-0.2, -0.15) is 0 Å². The summed E-state index contributed by atoms with van der Waals surface area (Å²) in [4.78, 5) is 28.4. The number of anilines is 2. The van der Waals surface area contributed by atoms with Gasteiger partial charge >= 0.3 is 5.97 Å². The third-order valence-electron chi connectivity index (χ3n) is 3.78. The average molecular weight is 404 g/mol. The first-order valence-corrected chi connectivity index (χ1v) is 9.58. The van der Waals surface area contributed by atoms with Crippen LogP contribution in [-0.4, -0.2) is 37.1 Å². The van der Waals surface area contributed by atoms with Crippen molar-refractivity contribution in [1.82, 2.24) is 4.98 Å². The molecule has 0 radical (unpaired) electrons. The standard InChI is InChI=1S/C20H25N3O4S/c1-6-9-21-19-23-15(12-28-19)18(25)27-11-17(24)22-14-10-13(20(2,3)4)7-8-16(14)26-5/h6-8,10,12H,1,9,11H2,2-5H3,(H,21,23)(H,22,24). The molecule has 0 fully saturated rings. The Labute approximate surface area is 168 Å². The number of thiazole rings is 1. The van der Waals surface area contributed by atoms with Crippen molar-refractivity contribution in [3.63, 3.8) is 0 Å². The summed E-state index contributed by atoms with van der Waals surface area (Å²) in [5, 5.41) is 7.87. The molecule has 1 heterocycles. The lowest BCUT2D eigenvalue weighted by Gasteiger charge is -2.21.